The first-order valence-corrected chi connectivity index (χ1v) is 8.90. The number of benzene rings is 2. The van der Waals surface area contributed by atoms with Crippen molar-refractivity contribution >= 4 is 5.91 Å². The number of nitrogens with two attached hydrogens (primary N) is 1. The summed E-state index contributed by atoms with van der Waals surface area (Å²) in [6.45, 7) is 3.95. The molecule has 4 rings (SSSR count). The highest BCUT2D eigenvalue weighted by Gasteiger charge is 2.56. The molecule has 27 heavy (non-hydrogen) atoms. The molecule has 2 aromatic rings. The fraction of sp³-hybridized carbons (Fsp3) is 0.333. The topological polar surface area (TPSA) is 91.4 Å². The number of rotatable bonds is 1. The van der Waals surface area contributed by atoms with Crippen LogP contribution in [0.15, 0.2) is 42.5 Å². The predicted octanol–water partition coefficient (Wildman–Crippen LogP) is 2.29. The lowest BCUT2D eigenvalue weighted by Crippen LogP contribution is -2.54. The van der Waals surface area contributed by atoms with Crippen LogP contribution in [0.2, 0.25) is 0 Å². The highest BCUT2D eigenvalue weighted by molar-refractivity contribution is 5.92. The molecule has 6 nitrogen and oxygen atoms in total. The van der Waals surface area contributed by atoms with Crippen LogP contribution in [0.1, 0.15) is 31.4 Å². The maximum absolute atomic E-state index is 13.2. The number of nitrogens with zero attached hydrogens (tertiary/aromatic N) is 2. The standard InChI is InChI=1S/C21H22N4O2/c1-20(2)12-21(18(26)25(3)19(23)24-21)16-10-15(7-8-17(16)27-20)14-6-4-5-13(9-14)11-22/h4-10,19,24H,12,23H2,1-3H3/t19?,21-/m1/s1. The Hall–Kier alpha value is -2.88. The van der Waals surface area contributed by atoms with Crippen LogP contribution in [0.3, 0.4) is 0 Å². The van der Waals surface area contributed by atoms with Gasteiger partial charge < -0.3 is 9.64 Å². The summed E-state index contributed by atoms with van der Waals surface area (Å²) in [6.07, 6.45) is -0.0733. The maximum atomic E-state index is 13.2. The molecule has 2 atom stereocenters. The molecule has 1 unspecified atom stereocenters. The molecule has 1 spiro atoms. The van der Waals surface area contributed by atoms with Crippen molar-refractivity contribution in [3.05, 3.63) is 53.6 Å². The van der Waals surface area contributed by atoms with Gasteiger partial charge in [0.25, 0.3) is 0 Å². The summed E-state index contributed by atoms with van der Waals surface area (Å²) < 4.78 is 6.16. The van der Waals surface area contributed by atoms with Gasteiger partial charge in [-0.25, -0.2) is 0 Å². The SMILES string of the molecule is CN1C(=O)[C@]2(CC(C)(C)Oc3ccc(-c4cccc(C#N)c4)cc32)NC1N. The maximum Gasteiger partial charge on any atom is 0.249 e. The Balaban J connectivity index is 1.89. The van der Waals surface area contributed by atoms with Gasteiger partial charge in [-0.3, -0.25) is 15.8 Å². The minimum atomic E-state index is -0.923. The van der Waals surface area contributed by atoms with E-state index in [1.807, 2.05) is 50.2 Å². The van der Waals surface area contributed by atoms with Gasteiger partial charge in [-0.1, -0.05) is 18.2 Å². The van der Waals surface area contributed by atoms with E-state index in [9.17, 15) is 10.1 Å². The first-order valence-electron chi connectivity index (χ1n) is 8.90. The van der Waals surface area contributed by atoms with Crippen molar-refractivity contribution in [1.82, 2.24) is 10.2 Å². The summed E-state index contributed by atoms with van der Waals surface area (Å²) in [5.74, 6) is 0.616. The van der Waals surface area contributed by atoms with Gasteiger partial charge in [0.15, 0.2) is 0 Å². The highest BCUT2D eigenvalue weighted by Crippen LogP contribution is 2.47. The van der Waals surface area contributed by atoms with E-state index in [2.05, 4.69) is 11.4 Å². The van der Waals surface area contributed by atoms with E-state index in [0.717, 1.165) is 16.7 Å². The average Bonchev–Trinajstić information content (AvgIpc) is 2.85. The number of hydrogen-bond donors (Lipinski definition) is 2. The Morgan fingerprint density at radius 2 is 2.00 bits per heavy atom. The van der Waals surface area contributed by atoms with E-state index in [-0.39, 0.29) is 5.91 Å². The zero-order valence-electron chi connectivity index (χ0n) is 15.6. The Bertz CT molecular complexity index is 978. The molecule has 2 aliphatic heterocycles. The van der Waals surface area contributed by atoms with Crippen molar-refractivity contribution in [3.8, 4) is 22.9 Å². The van der Waals surface area contributed by atoms with Gasteiger partial charge in [0.05, 0.1) is 11.6 Å². The van der Waals surface area contributed by atoms with Crippen molar-refractivity contribution in [3.63, 3.8) is 0 Å². The minimum Gasteiger partial charge on any atom is -0.487 e. The Labute approximate surface area is 158 Å². The molecule has 0 radical (unpaired) electrons. The van der Waals surface area contributed by atoms with E-state index in [1.165, 1.54) is 4.90 Å². The fourth-order valence-electron chi connectivity index (χ4n) is 4.13. The molecular formula is C21H22N4O2. The molecule has 0 bridgehead atoms. The predicted molar refractivity (Wildman–Crippen MR) is 101 cm³/mol. The number of ether oxygens (including phenoxy) is 1. The third-order valence-electron chi connectivity index (χ3n) is 5.34. The molecule has 3 N–H and O–H groups in total. The summed E-state index contributed by atoms with van der Waals surface area (Å²) in [5, 5.41) is 12.5. The summed E-state index contributed by atoms with van der Waals surface area (Å²) in [7, 11) is 1.71. The van der Waals surface area contributed by atoms with Gasteiger partial charge in [0, 0.05) is 19.0 Å². The molecule has 2 aromatic carbocycles. The third-order valence-corrected chi connectivity index (χ3v) is 5.34. The zero-order valence-corrected chi connectivity index (χ0v) is 15.6. The number of amides is 1. The number of nitriles is 1. The quantitative estimate of drug-likeness (QED) is 0.812. The van der Waals surface area contributed by atoms with Gasteiger partial charge in [0.2, 0.25) is 5.91 Å². The van der Waals surface area contributed by atoms with E-state index < -0.39 is 17.4 Å². The lowest BCUT2D eigenvalue weighted by molar-refractivity contribution is -0.135. The van der Waals surface area contributed by atoms with Crippen LogP contribution in [0.5, 0.6) is 5.75 Å². The van der Waals surface area contributed by atoms with Gasteiger partial charge in [-0.2, -0.15) is 5.26 Å². The number of carbonyl (C=O) groups is 1. The highest BCUT2D eigenvalue weighted by atomic mass is 16.5. The molecule has 2 aliphatic rings. The average molecular weight is 362 g/mol. The minimum absolute atomic E-state index is 0.0597. The van der Waals surface area contributed by atoms with Gasteiger partial charge >= 0.3 is 0 Å². The molecule has 0 aromatic heterocycles. The van der Waals surface area contributed by atoms with Crippen LogP contribution < -0.4 is 15.8 Å². The second kappa shape index (κ2) is 5.81. The van der Waals surface area contributed by atoms with E-state index in [1.54, 1.807) is 13.1 Å². The summed E-state index contributed by atoms with van der Waals surface area (Å²) >= 11 is 0. The molecule has 1 saturated heterocycles. The lowest BCUT2D eigenvalue weighted by atomic mass is 9.76. The third kappa shape index (κ3) is 2.67. The molecule has 6 heteroatoms. The molecule has 138 valence electrons. The molecule has 0 aliphatic carbocycles. The normalized spacial score (nSPS) is 25.8. The lowest BCUT2D eigenvalue weighted by Gasteiger charge is -2.43. The molecule has 1 amide bonds. The number of likely N-dealkylation sites (N-methyl/N-ethyl adjacent to an activating group) is 1. The Morgan fingerprint density at radius 3 is 2.67 bits per heavy atom. The second-order valence-corrected chi connectivity index (χ2v) is 7.85. The smallest absolute Gasteiger partial charge is 0.249 e. The first-order chi connectivity index (χ1) is 12.8. The van der Waals surface area contributed by atoms with Crippen LogP contribution in [0, 0.1) is 11.3 Å². The van der Waals surface area contributed by atoms with Crippen molar-refractivity contribution in [2.24, 2.45) is 5.73 Å². The monoisotopic (exact) mass is 362 g/mol. The molecular weight excluding hydrogens is 340 g/mol. The van der Waals surface area contributed by atoms with E-state index in [0.29, 0.717) is 17.7 Å². The molecule has 2 heterocycles. The van der Waals surface area contributed by atoms with Crippen molar-refractivity contribution < 1.29 is 9.53 Å². The number of hydrogen-bond acceptors (Lipinski definition) is 5. The Morgan fingerprint density at radius 1 is 1.26 bits per heavy atom. The molecule has 1 fully saturated rings. The molecule has 0 saturated carbocycles. The van der Waals surface area contributed by atoms with Crippen molar-refractivity contribution in [2.45, 2.75) is 37.7 Å². The van der Waals surface area contributed by atoms with Crippen LogP contribution in [0.25, 0.3) is 11.1 Å². The number of fused-ring (bicyclic) bond motifs is 2. The summed E-state index contributed by atoms with van der Waals surface area (Å²) in [4.78, 5) is 14.7. The van der Waals surface area contributed by atoms with Gasteiger partial charge in [-0.05, 0) is 49.2 Å². The van der Waals surface area contributed by atoms with Crippen molar-refractivity contribution in [1.29, 1.82) is 5.26 Å². The van der Waals surface area contributed by atoms with Crippen LogP contribution in [-0.2, 0) is 10.3 Å². The Kier molecular flexibility index (Phi) is 3.77. The second-order valence-electron chi connectivity index (χ2n) is 7.85. The van der Waals surface area contributed by atoms with Crippen molar-refractivity contribution in [2.75, 3.05) is 7.05 Å². The summed E-state index contributed by atoms with van der Waals surface area (Å²) in [6, 6.07) is 15.4. The number of carbonyl (C=O) groups excluding carboxylic acids is 1. The number of nitrogens with one attached hydrogen (secondary N) is 1. The van der Waals surface area contributed by atoms with Gasteiger partial charge in [-0.15, -0.1) is 0 Å². The van der Waals surface area contributed by atoms with E-state index >= 15 is 0 Å². The van der Waals surface area contributed by atoms with Crippen LogP contribution >= 0.6 is 0 Å². The fourth-order valence-corrected chi connectivity index (χ4v) is 4.13. The zero-order chi connectivity index (χ0) is 19.4. The van der Waals surface area contributed by atoms with Crippen LogP contribution in [-0.4, -0.2) is 29.7 Å². The van der Waals surface area contributed by atoms with Gasteiger partial charge in [0.1, 0.15) is 23.2 Å². The first kappa shape index (κ1) is 17.5. The van der Waals surface area contributed by atoms with Crippen LogP contribution in [0.4, 0.5) is 0 Å². The largest absolute Gasteiger partial charge is 0.487 e. The summed E-state index contributed by atoms with van der Waals surface area (Å²) in [5.41, 5.74) is 7.91. The van der Waals surface area contributed by atoms with E-state index in [4.69, 9.17) is 10.5 Å².